The molecular weight excluding hydrogens is 512 g/mol. The molecule has 196 valence electrons. The minimum atomic E-state index is -5.08. The van der Waals surface area contributed by atoms with Crippen molar-refractivity contribution < 1.29 is 36.6 Å². The van der Waals surface area contributed by atoms with Gasteiger partial charge >= 0.3 is 6.36 Å². The number of hydrogen-bond donors (Lipinski definition) is 2. The maximum absolute atomic E-state index is 14.5. The van der Waals surface area contributed by atoms with E-state index >= 15 is 0 Å². The number of rotatable bonds is 5. The number of halogens is 4. The van der Waals surface area contributed by atoms with Gasteiger partial charge in [0.1, 0.15) is 11.8 Å². The van der Waals surface area contributed by atoms with Crippen molar-refractivity contribution in [2.45, 2.75) is 18.4 Å². The van der Waals surface area contributed by atoms with E-state index in [9.17, 15) is 32.4 Å². The van der Waals surface area contributed by atoms with Gasteiger partial charge in [-0.3, -0.25) is 14.3 Å². The lowest BCUT2D eigenvalue weighted by molar-refractivity contribution is -0.275. The first-order chi connectivity index (χ1) is 18.1. The summed E-state index contributed by atoms with van der Waals surface area (Å²) < 4.78 is 62.5. The molecule has 0 unspecified atom stereocenters. The highest BCUT2D eigenvalue weighted by Crippen LogP contribution is 2.38. The maximum Gasteiger partial charge on any atom is 0.573 e. The molecule has 2 aliphatic heterocycles. The van der Waals surface area contributed by atoms with Crippen molar-refractivity contribution in [3.8, 4) is 17.6 Å². The fraction of sp³-hybridized carbons (Fsp3) is 0.250. The molecule has 3 heterocycles. The Morgan fingerprint density at radius 3 is 2.61 bits per heavy atom. The standard InChI is InChI=1S/C24H18F4N6O4/c1-37-19-4-2-12(6-13(19)8-29)22(35)32-16-9-31-34-18-11-30-10-17(18)33(23(36)21(16)34)14-3-5-20(15(25)7-14)38-24(26,27)28/h2-7,9,17-18,30H,10-11H2,1H3,(H,32,35)/t17-,18+/m0/s1. The van der Waals surface area contributed by atoms with Crippen LogP contribution in [-0.4, -0.2) is 54.2 Å². The van der Waals surface area contributed by atoms with E-state index in [4.69, 9.17) is 4.74 Å². The zero-order chi connectivity index (χ0) is 27.2. The van der Waals surface area contributed by atoms with Gasteiger partial charge < -0.3 is 25.0 Å². The predicted molar refractivity (Wildman–Crippen MR) is 123 cm³/mol. The molecule has 2 N–H and O–H groups in total. The number of carbonyl (C=O) groups excluding carboxylic acids is 2. The fourth-order valence-electron chi connectivity index (χ4n) is 4.63. The van der Waals surface area contributed by atoms with Gasteiger partial charge in [-0.05, 0) is 30.3 Å². The normalized spacial score (nSPS) is 18.4. The molecule has 5 rings (SSSR count). The van der Waals surface area contributed by atoms with Crippen molar-refractivity contribution in [3.63, 3.8) is 0 Å². The lowest BCUT2D eigenvalue weighted by Gasteiger charge is -2.37. The molecule has 0 saturated carbocycles. The summed E-state index contributed by atoms with van der Waals surface area (Å²) in [6.45, 7) is 0.723. The second-order valence-corrected chi connectivity index (χ2v) is 8.46. The van der Waals surface area contributed by atoms with Crippen LogP contribution >= 0.6 is 0 Å². The van der Waals surface area contributed by atoms with E-state index in [1.54, 1.807) is 0 Å². The van der Waals surface area contributed by atoms with Crippen LogP contribution in [0.5, 0.6) is 11.5 Å². The van der Waals surface area contributed by atoms with E-state index in [1.807, 2.05) is 6.07 Å². The number of nitrogens with zero attached hydrogens (tertiary/aromatic N) is 4. The lowest BCUT2D eigenvalue weighted by atomic mass is 10.0. The first kappa shape index (κ1) is 25.0. The quantitative estimate of drug-likeness (QED) is 0.486. The molecule has 2 aromatic carbocycles. The van der Waals surface area contributed by atoms with E-state index in [1.165, 1.54) is 41.1 Å². The van der Waals surface area contributed by atoms with Gasteiger partial charge in [0.15, 0.2) is 17.3 Å². The van der Waals surface area contributed by atoms with Crippen molar-refractivity contribution in [3.05, 3.63) is 65.2 Å². The number of hydrogen-bond acceptors (Lipinski definition) is 7. The summed E-state index contributed by atoms with van der Waals surface area (Å²) in [5.74, 6) is -3.29. The number of methoxy groups -OCH3 is 1. The maximum atomic E-state index is 14.5. The second-order valence-electron chi connectivity index (χ2n) is 8.46. The van der Waals surface area contributed by atoms with Crippen molar-refractivity contribution in [1.82, 2.24) is 15.1 Å². The summed E-state index contributed by atoms with van der Waals surface area (Å²) in [7, 11) is 1.39. The Kier molecular flexibility index (Phi) is 6.15. The number of nitriles is 1. The molecule has 3 aromatic rings. The van der Waals surface area contributed by atoms with Gasteiger partial charge in [-0.15, -0.1) is 13.2 Å². The highest BCUT2D eigenvalue weighted by Gasteiger charge is 2.45. The Labute approximate surface area is 212 Å². The van der Waals surface area contributed by atoms with Crippen LogP contribution in [0.15, 0.2) is 42.6 Å². The van der Waals surface area contributed by atoms with Gasteiger partial charge in [-0.1, -0.05) is 0 Å². The van der Waals surface area contributed by atoms with E-state index in [2.05, 4.69) is 20.5 Å². The van der Waals surface area contributed by atoms with Gasteiger partial charge in [0, 0.05) is 30.4 Å². The van der Waals surface area contributed by atoms with Crippen molar-refractivity contribution in [2.24, 2.45) is 0 Å². The molecule has 0 radical (unpaired) electrons. The number of anilines is 2. The summed E-state index contributed by atoms with van der Waals surface area (Å²) in [6.07, 6.45) is -3.78. The van der Waals surface area contributed by atoms with Gasteiger partial charge in [0.05, 0.1) is 36.6 Å². The minimum absolute atomic E-state index is 0.00773. The van der Waals surface area contributed by atoms with E-state index in [0.717, 1.165) is 18.2 Å². The number of nitrogens with one attached hydrogen (secondary N) is 2. The van der Waals surface area contributed by atoms with Crippen LogP contribution in [0.1, 0.15) is 32.5 Å². The Balaban J connectivity index is 1.48. The van der Waals surface area contributed by atoms with Gasteiger partial charge in [0.2, 0.25) is 0 Å². The Morgan fingerprint density at radius 1 is 1.18 bits per heavy atom. The lowest BCUT2D eigenvalue weighted by Crippen LogP contribution is -2.51. The summed E-state index contributed by atoms with van der Waals surface area (Å²) in [5, 5.41) is 19.3. The predicted octanol–water partition coefficient (Wildman–Crippen LogP) is 3.23. The number of carbonyl (C=O) groups is 2. The van der Waals surface area contributed by atoms with Crippen molar-refractivity contribution >= 4 is 23.2 Å². The molecular formula is C24H18F4N6O4. The first-order valence-electron chi connectivity index (χ1n) is 11.2. The Morgan fingerprint density at radius 2 is 1.92 bits per heavy atom. The molecule has 1 aromatic heterocycles. The van der Waals surface area contributed by atoms with Crippen LogP contribution in [0.3, 0.4) is 0 Å². The minimum Gasteiger partial charge on any atom is -0.495 e. The SMILES string of the molecule is COc1ccc(C(=O)Nc2cnn3c2C(=O)N(c2ccc(OC(F)(F)F)c(F)c2)[C@H]2CNC[C@H]23)cc1C#N. The number of benzene rings is 2. The summed E-state index contributed by atoms with van der Waals surface area (Å²) in [5.41, 5.74) is 0.360. The summed E-state index contributed by atoms with van der Waals surface area (Å²) >= 11 is 0. The molecule has 0 spiro atoms. The summed E-state index contributed by atoms with van der Waals surface area (Å²) in [6, 6.07) is 8.01. The third-order valence-corrected chi connectivity index (χ3v) is 6.26. The molecule has 1 saturated heterocycles. The Bertz CT molecular complexity index is 1480. The highest BCUT2D eigenvalue weighted by atomic mass is 19.4. The molecule has 2 aliphatic rings. The largest absolute Gasteiger partial charge is 0.573 e. The Hall–Kier alpha value is -4.64. The van der Waals surface area contributed by atoms with Crippen LogP contribution in [0.4, 0.5) is 28.9 Å². The monoisotopic (exact) mass is 530 g/mol. The van der Waals surface area contributed by atoms with Crippen LogP contribution in [0, 0.1) is 17.1 Å². The van der Waals surface area contributed by atoms with Crippen molar-refractivity contribution in [2.75, 3.05) is 30.4 Å². The zero-order valence-corrected chi connectivity index (χ0v) is 19.5. The molecule has 14 heteroatoms. The van der Waals surface area contributed by atoms with E-state index in [-0.39, 0.29) is 33.9 Å². The topological polar surface area (TPSA) is 122 Å². The zero-order valence-electron chi connectivity index (χ0n) is 19.5. The molecule has 1 fully saturated rings. The van der Waals surface area contributed by atoms with Crippen LogP contribution in [0.2, 0.25) is 0 Å². The third kappa shape index (κ3) is 4.37. The number of ether oxygens (including phenoxy) is 2. The number of amides is 2. The molecule has 10 nitrogen and oxygen atoms in total. The van der Waals surface area contributed by atoms with Crippen LogP contribution in [0.25, 0.3) is 0 Å². The highest BCUT2D eigenvalue weighted by molar-refractivity contribution is 6.13. The summed E-state index contributed by atoms with van der Waals surface area (Å²) in [4.78, 5) is 27.9. The van der Waals surface area contributed by atoms with Gasteiger partial charge in [-0.25, -0.2) is 4.39 Å². The van der Waals surface area contributed by atoms with Gasteiger partial charge in [-0.2, -0.15) is 10.4 Å². The molecule has 2 atom stereocenters. The molecule has 0 bridgehead atoms. The average molecular weight is 530 g/mol. The number of fused-ring (bicyclic) bond motifs is 3. The van der Waals surface area contributed by atoms with E-state index < -0.39 is 41.8 Å². The third-order valence-electron chi connectivity index (χ3n) is 6.26. The second kappa shape index (κ2) is 9.34. The molecule has 0 aliphatic carbocycles. The van der Waals surface area contributed by atoms with Crippen LogP contribution < -0.4 is 25.0 Å². The van der Waals surface area contributed by atoms with Gasteiger partial charge in [0.25, 0.3) is 11.8 Å². The van der Waals surface area contributed by atoms with Crippen LogP contribution in [-0.2, 0) is 0 Å². The average Bonchev–Trinajstić information content (AvgIpc) is 3.52. The smallest absolute Gasteiger partial charge is 0.495 e. The van der Waals surface area contributed by atoms with Crippen molar-refractivity contribution in [1.29, 1.82) is 5.26 Å². The number of alkyl halides is 3. The van der Waals surface area contributed by atoms with E-state index in [0.29, 0.717) is 13.1 Å². The first-order valence-corrected chi connectivity index (χ1v) is 11.2. The number of aromatic nitrogens is 2. The molecule has 38 heavy (non-hydrogen) atoms. The fourth-order valence-corrected chi connectivity index (χ4v) is 4.63. The molecule has 2 amide bonds.